The fourth-order valence-electron chi connectivity index (χ4n) is 2.37. The number of nitrogens with one attached hydrogen (secondary N) is 1. The normalized spacial score (nSPS) is 11.6. The Balaban J connectivity index is 1.52. The first kappa shape index (κ1) is 19.9. The van der Waals surface area contributed by atoms with E-state index in [0.717, 1.165) is 9.88 Å². The van der Waals surface area contributed by atoms with Crippen LogP contribution in [0.3, 0.4) is 0 Å². The molecule has 0 fully saturated rings. The highest BCUT2D eigenvalue weighted by Gasteiger charge is 2.19. The molecule has 1 amide bonds. The Kier molecular flexibility index (Phi) is 6.33. The van der Waals surface area contributed by atoms with E-state index in [2.05, 4.69) is 10.3 Å². The van der Waals surface area contributed by atoms with Crippen LogP contribution < -0.4 is 5.32 Å². The minimum absolute atomic E-state index is 0.00675. The molecule has 144 valence electrons. The van der Waals surface area contributed by atoms with E-state index < -0.39 is 18.0 Å². The molecule has 1 atom stereocenters. The van der Waals surface area contributed by atoms with Crippen LogP contribution in [0.1, 0.15) is 29.9 Å². The van der Waals surface area contributed by atoms with E-state index >= 15 is 0 Å². The largest absolute Gasteiger partial charge is 0.452 e. The highest BCUT2D eigenvalue weighted by Crippen LogP contribution is 2.28. The fourth-order valence-corrected chi connectivity index (χ4v) is 4.01. The number of rotatable bonds is 7. The summed E-state index contributed by atoms with van der Waals surface area (Å²) in [6.45, 7) is 2.98. The molecule has 0 saturated carbocycles. The van der Waals surface area contributed by atoms with Crippen LogP contribution >= 0.6 is 22.7 Å². The van der Waals surface area contributed by atoms with Crippen LogP contribution in [-0.2, 0) is 20.7 Å². The molecule has 0 aliphatic carbocycles. The van der Waals surface area contributed by atoms with Crippen molar-refractivity contribution in [2.75, 3.05) is 5.32 Å². The summed E-state index contributed by atoms with van der Waals surface area (Å²) < 4.78 is 5.21. The number of Topliss-reactive ketones (excluding diaryl/α,β-unsaturated/α-hetero) is 1. The molecule has 8 heteroatoms. The third-order valence-corrected chi connectivity index (χ3v) is 5.78. The lowest BCUT2D eigenvalue weighted by molar-refractivity contribution is -0.152. The van der Waals surface area contributed by atoms with Crippen LogP contribution in [0.15, 0.2) is 47.2 Å². The van der Waals surface area contributed by atoms with E-state index in [-0.39, 0.29) is 12.2 Å². The molecule has 0 radical (unpaired) electrons. The van der Waals surface area contributed by atoms with Gasteiger partial charge >= 0.3 is 5.97 Å². The van der Waals surface area contributed by atoms with Crippen molar-refractivity contribution in [2.45, 2.75) is 26.4 Å². The molecule has 0 saturated heterocycles. The molecule has 0 aliphatic heterocycles. The Hall–Kier alpha value is -2.84. The van der Waals surface area contributed by atoms with Crippen molar-refractivity contribution in [3.05, 3.63) is 58.4 Å². The molecule has 6 nitrogen and oxygen atoms in total. The van der Waals surface area contributed by atoms with E-state index in [1.54, 1.807) is 35.6 Å². The predicted molar refractivity (Wildman–Crippen MR) is 110 cm³/mol. The number of carbonyl (C=O) groups is 3. The van der Waals surface area contributed by atoms with E-state index in [4.69, 9.17) is 4.74 Å². The monoisotopic (exact) mass is 414 g/mol. The first-order valence-corrected chi connectivity index (χ1v) is 10.3. The van der Waals surface area contributed by atoms with Gasteiger partial charge in [-0.15, -0.1) is 22.7 Å². The molecule has 3 aromatic rings. The van der Waals surface area contributed by atoms with Crippen molar-refractivity contribution in [2.24, 2.45) is 0 Å². The topological polar surface area (TPSA) is 85.4 Å². The number of thiophene rings is 1. The first-order chi connectivity index (χ1) is 13.4. The van der Waals surface area contributed by atoms with Crippen LogP contribution in [0, 0.1) is 0 Å². The number of amides is 1. The van der Waals surface area contributed by atoms with Gasteiger partial charge in [0, 0.05) is 16.6 Å². The lowest BCUT2D eigenvalue weighted by Gasteiger charge is -2.13. The second-order valence-electron chi connectivity index (χ2n) is 6.05. The number of benzene rings is 1. The fraction of sp³-hybridized carbons (Fsp3) is 0.200. The Morgan fingerprint density at radius 1 is 1.14 bits per heavy atom. The van der Waals surface area contributed by atoms with Crippen LogP contribution in [-0.4, -0.2) is 28.7 Å². The Bertz CT molecular complexity index is 978. The third-order valence-electron chi connectivity index (χ3n) is 3.85. The lowest BCUT2D eigenvalue weighted by Crippen LogP contribution is -2.30. The molecule has 0 spiro atoms. The van der Waals surface area contributed by atoms with Crippen molar-refractivity contribution < 1.29 is 19.1 Å². The zero-order valence-corrected chi connectivity index (χ0v) is 16.9. The number of carbonyl (C=O) groups excluding carboxylic acids is 3. The number of esters is 1. The smallest absolute Gasteiger partial charge is 0.312 e. The average Bonchev–Trinajstić information content (AvgIpc) is 3.33. The van der Waals surface area contributed by atoms with E-state index in [0.29, 0.717) is 16.9 Å². The molecule has 0 bridgehead atoms. The van der Waals surface area contributed by atoms with E-state index in [1.165, 1.54) is 25.2 Å². The molecular weight excluding hydrogens is 396 g/mol. The summed E-state index contributed by atoms with van der Waals surface area (Å²) in [5, 5.41) is 7.31. The van der Waals surface area contributed by atoms with Gasteiger partial charge in [0.2, 0.25) is 0 Å². The van der Waals surface area contributed by atoms with Crippen LogP contribution in [0.4, 0.5) is 5.69 Å². The highest BCUT2D eigenvalue weighted by molar-refractivity contribution is 7.20. The third kappa shape index (κ3) is 5.11. The lowest BCUT2D eigenvalue weighted by atomic mass is 10.1. The average molecular weight is 415 g/mol. The number of hydrogen-bond donors (Lipinski definition) is 1. The van der Waals surface area contributed by atoms with Gasteiger partial charge in [-0.3, -0.25) is 14.4 Å². The summed E-state index contributed by atoms with van der Waals surface area (Å²) in [6, 6.07) is 10.4. The SMILES string of the molecule is CC(=O)c1ccc(NC(=O)C(C)OC(=O)Cc2csc(-c3cccs3)n2)cc1. The zero-order valence-electron chi connectivity index (χ0n) is 15.3. The molecule has 3 rings (SSSR count). The maximum Gasteiger partial charge on any atom is 0.312 e. The summed E-state index contributed by atoms with van der Waals surface area (Å²) in [5.74, 6) is -1.01. The van der Waals surface area contributed by atoms with Gasteiger partial charge in [-0.2, -0.15) is 0 Å². The molecule has 1 unspecified atom stereocenters. The molecule has 2 aromatic heterocycles. The number of nitrogens with zero attached hydrogens (tertiary/aromatic N) is 1. The van der Waals surface area contributed by atoms with E-state index in [1.807, 2.05) is 22.9 Å². The number of ketones is 1. The van der Waals surface area contributed by atoms with Gasteiger partial charge in [-0.05, 0) is 49.6 Å². The summed E-state index contributed by atoms with van der Waals surface area (Å²) in [6.07, 6.45) is -0.942. The minimum Gasteiger partial charge on any atom is -0.452 e. The maximum atomic E-state index is 12.2. The van der Waals surface area contributed by atoms with Gasteiger partial charge in [0.1, 0.15) is 5.01 Å². The van der Waals surface area contributed by atoms with Crippen LogP contribution in [0.5, 0.6) is 0 Å². The minimum atomic E-state index is -0.949. The molecule has 1 aromatic carbocycles. The molecule has 2 heterocycles. The van der Waals surface area contributed by atoms with Gasteiger partial charge in [0.25, 0.3) is 5.91 Å². The molecule has 1 N–H and O–H groups in total. The Morgan fingerprint density at radius 2 is 1.89 bits per heavy atom. The molecular formula is C20H18N2O4S2. The summed E-state index contributed by atoms with van der Waals surface area (Å²) >= 11 is 3.05. The number of aromatic nitrogens is 1. The van der Waals surface area contributed by atoms with Crippen molar-refractivity contribution in [3.8, 4) is 9.88 Å². The molecule has 0 aliphatic rings. The van der Waals surface area contributed by atoms with Gasteiger partial charge in [-0.1, -0.05) is 6.07 Å². The number of ether oxygens (including phenoxy) is 1. The van der Waals surface area contributed by atoms with E-state index in [9.17, 15) is 14.4 Å². The number of thiazole rings is 1. The van der Waals surface area contributed by atoms with Crippen molar-refractivity contribution in [3.63, 3.8) is 0 Å². The van der Waals surface area contributed by atoms with Crippen molar-refractivity contribution in [1.29, 1.82) is 0 Å². The second kappa shape index (κ2) is 8.90. The zero-order chi connectivity index (χ0) is 20.1. The van der Waals surface area contributed by atoms with Crippen molar-refractivity contribution in [1.82, 2.24) is 4.98 Å². The summed E-state index contributed by atoms with van der Waals surface area (Å²) in [7, 11) is 0. The standard InChI is InChI=1S/C20H18N2O4S2/c1-12(23)14-5-7-15(8-6-14)21-19(25)13(2)26-18(24)10-16-11-28-20(22-16)17-4-3-9-27-17/h3-9,11,13H,10H2,1-2H3,(H,21,25). The van der Waals surface area contributed by atoms with Crippen LogP contribution in [0.2, 0.25) is 0 Å². The number of anilines is 1. The Labute approximate surface area is 170 Å². The number of hydrogen-bond acceptors (Lipinski definition) is 7. The van der Waals surface area contributed by atoms with Gasteiger partial charge in [-0.25, -0.2) is 4.98 Å². The first-order valence-electron chi connectivity index (χ1n) is 8.52. The summed E-state index contributed by atoms with van der Waals surface area (Å²) in [4.78, 5) is 41.1. The van der Waals surface area contributed by atoms with Crippen molar-refractivity contribution >= 4 is 46.0 Å². The maximum absolute atomic E-state index is 12.2. The highest BCUT2D eigenvalue weighted by atomic mass is 32.1. The summed E-state index contributed by atoms with van der Waals surface area (Å²) in [5.41, 5.74) is 1.70. The quantitative estimate of drug-likeness (QED) is 0.463. The van der Waals surface area contributed by atoms with Crippen LogP contribution in [0.25, 0.3) is 9.88 Å². The second-order valence-corrected chi connectivity index (χ2v) is 7.86. The van der Waals surface area contributed by atoms with Gasteiger partial charge in [0.15, 0.2) is 11.9 Å². The van der Waals surface area contributed by atoms with Gasteiger partial charge < -0.3 is 10.1 Å². The van der Waals surface area contributed by atoms with Gasteiger partial charge in [0.05, 0.1) is 17.0 Å². The molecule has 28 heavy (non-hydrogen) atoms. The predicted octanol–water partition coefficient (Wildman–Crippen LogP) is 4.19. The Morgan fingerprint density at radius 3 is 2.54 bits per heavy atom.